The summed E-state index contributed by atoms with van der Waals surface area (Å²) in [6, 6.07) is 7.45. The zero-order chi connectivity index (χ0) is 12.1. The van der Waals surface area contributed by atoms with Crippen molar-refractivity contribution < 1.29 is 4.74 Å². The summed E-state index contributed by atoms with van der Waals surface area (Å²) in [7, 11) is 0. The normalized spacial score (nSPS) is 16.8. The minimum atomic E-state index is 0.392. The summed E-state index contributed by atoms with van der Waals surface area (Å²) in [6.45, 7) is 2.98. The lowest BCUT2D eigenvalue weighted by Gasteiger charge is -2.32. The summed E-state index contributed by atoms with van der Waals surface area (Å²) in [5.41, 5.74) is 0.889. The number of ether oxygens (including phenoxy) is 1. The van der Waals surface area contributed by atoms with Crippen LogP contribution in [0.1, 0.15) is 5.56 Å². The summed E-state index contributed by atoms with van der Waals surface area (Å²) >= 11 is 6.05. The van der Waals surface area contributed by atoms with E-state index in [2.05, 4.69) is 5.29 Å². The smallest absolute Gasteiger partial charge is 0.0833 e. The molecular weight excluding hydrogens is 242 g/mol. The van der Waals surface area contributed by atoms with E-state index in [9.17, 15) is 4.91 Å². The van der Waals surface area contributed by atoms with Crippen molar-refractivity contribution in [2.24, 2.45) is 5.29 Å². The van der Waals surface area contributed by atoms with E-state index in [0.29, 0.717) is 37.9 Å². The summed E-state index contributed by atoms with van der Waals surface area (Å²) in [6.07, 6.45) is 0. The Labute approximate surface area is 105 Å². The first-order valence-corrected chi connectivity index (χ1v) is 5.86. The Morgan fingerprint density at radius 3 is 2.71 bits per heavy atom. The van der Waals surface area contributed by atoms with Crippen LogP contribution in [0.3, 0.4) is 0 Å². The van der Waals surface area contributed by atoms with Gasteiger partial charge in [0.1, 0.15) is 0 Å². The number of hydrogen-bond donors (Lipinski definition) is 0. The van der Waals surface area contributed by atoms with Gasteiger partial charge >= 0.3 is 0 Å². The molecule has 1 aromatic carbocycles. The van der Waals surface area contributed by atoms with Crippen LogP contribution in [0.2, 0.25) is 5.02 Å². The highest BCUT2D eigenvalue weighted by Crippen LogP contribution is 2.18. The molecule has 0 atom stereocenters. The van der Waals surface area contributed by atoms with Crippen molar-refractivity contribution in [1.82, 2.24) is 10.1 Å². The molecule has 0 N–H and O–H groups in total. The van der Waals surface area contributed by atoms with Crippen molar-refractivity contribution in [3.8, 4) is 0 Å². The highest BCUT2D eigenvalue weighted by atomic mass is 35.5. The van der Waals surface area contributed by atoms with Crippen molar-refractivity contribution >= 4 is 11.6 Å². The second-order valence-electron chi connectivity index (χ2n) is 3.77. The molecule has 0 aromatic heterocycles. The molecule has 0 aliphatic carbocycles. The van der Waals surface area contributed by atoms with Gasteiger partial charge in [-0.05, 0) is 11.6 Å². The van der Waals surface area contributed by atoms with E-state index in [1.54, 1.807) is 6.07 Å². The maximum Gasteiger partial charge on any atom is 0.0833 e. The van der Waals surface area contributed by atoms with E-state index in [4.69, 9.17) is 16.3 Å². The van der Waals surface area contributed by atoms with E-state index in [-0.39, 0.29) is 0 Å². The van der Waals surface area contributed by atoms with Gasteiger partial charge in [0.2, 0.25) is 0 Å². The summed E-state index contributed by atoms with van der Waals surface area (Å²) in [5.74, 6) is 0. The van der Waals surface area contributed by atoms with Crippen molar-refractivity contribution in [3.63, 3.8) is 0 Å². The molecule has 5 nitrogen and oxygen atoms in total. The molecule has 17 heavy (non-hydrogen) atoms. The molecular formula is C11H14ClN3O2. The lowest BCUT2D eigenvalue weighted by atomic mass is 10.2. The van der Waals surface area contributed by atoms with Gasteiger partial charge in [-0.25, -0.2) is 0 Å². The second kappa shape index (κ2) is 5.95. The van der Waals surface area contributed by atoms with Crippen LogP contribution in [0.5, 0.6) is 0 Å². The van der Waals surface area contributed by atoms with Crippen LogP contribution < -0.4 is 0 Å². The molecule has 1 saturated heterocycles. The van der Waals surface area contributed by atoms with Gasteiger partial charge in [-0.3, -0.25) is 0 Å². The van der Waals surface area contributed by atoms with Crippen LogP contribution >= 0.6 is 11.6 Å². The predicted molar refractivity (Wildman–Crippen MR) is 65.2 cm³/mol. The fraction of sp³-hybridized carbons (Fsp3) is 0.455. The predicted octanol–water partition coefficient (Wildman–Crippen LogP) is 2.07. The highest BCUT2D eigenvalue weighted by Gasteiger charge is 2.19. The van der Waals surface area contributed by atoms with Crippen molar-refractivity contribution in [1.29, 1.82) is 0 Å². The molecule has 1 aliphatic heterocycles. The SMILES string of the molecule is O=NN(Cc1ccccc1Cl)N1CCOCC1. The number of nitrogens with zero attached hydrogens (tertiary/aromatic N) is 3. The van der Waals surface area contributed by atoms with Gasteiger partial charge in [0.25, 0.3) is 0 Å². The first-order chi connectivity index (χ1) is 8.31. The maximum absolute atomic E-state index is 10.9. The quantitative estimate of drug-likeness (QED) is 0.610. The number of hydrazine groups is 1. The van der Waals surface area contributed by atoms with Gasteiger partial charge in [-0.2, -0.15) is 10.1 Å². The third-order valence-corrected chi connectivity index (χ3v) is 3.05. The third kappa shape index (κ3) is 3.15. The van der Waals surface area contributed by atoms with Gasteiger partial charge in [0.15, 0.2) is 0 Å². The highest BCUT2D eigenvalue weighted by molar-refractivity contribution is 6.31. The molecule has 0 unspecified atom stereocenters. The Bertz CT molecular complexity index is 383. The average molecular weight is 256 g/mol. The molecule has 0 amide bonds. The van der Waals surface area contributed by atoms with Crippen LogP contribution in [0.4, 0.5) is 0 Å². The zero-order valence-corrected chi connectivity index (χ0v) is 10.1. The summed E-state index contributed by atoms with van der Waals surface area (Å²) < 4.78 is 5.23. The van der Waals surface area contributed by atoms with Crippen LogP contribution in [0.15, 0.2) is 29.6 Å². The van der Waals surface area contributed by atoms with Crippen LogP contribution in [-0.4, -0.2) is 36.4 Å². The van der Waals surface area contributed by atoms with Gasteiger partial charge in [-0.1, -0.05) is 29.8 Å². The van der Waals surface area contributed by atoms with E-state index in [1.807, 2.05) is 23.2 Å². The monoisotopic (exact) mass is 255 g/mol. The standard InChI is InChI=1S/C11H14ClN3O2/c12-11-4-2-1-3-10(11)9-15(13-16)14-5-7-17-8-6-14/h1-4H,5-9H2. The molecule has 0 spiro atoms. The van der Waals surface area contributed by atoms with Gasteiger partial charge in [-0.15, -0.1) is 4.91 Å². The zero-order valence-electron chi connectivity index (χ0n) is 9.38. The summed E-state index contributed by atoms with van der Waals surface area (Å²) in [5, 5.41) is 6.97. The second-order valence-corrected chi connectivity index (χ2v) is 4.18. The topological polar surface area (TPSA) is 45.1 Å². The fourth-order valence-electron chi connectivity index (χ4n) is 1.74. The Morgan fingerprint density at radius 2 is 2.06 bits per heavy atom. The number of morpholine rings is 1. The molecule has 1 aliphatic rings. The van der Waals surface area contributed by atoms with E-state index in [0.717, 1.165) is 5.56 Å². The number of nitroso groups, excluding NO2 is 1. The van der Waals surface area contributed by atoms with Gasteiger partial charge < -0.3 is 4.74 Å². The Balaban J connectivity index is 2.04. The molecule has 0 bridgehead atoms. The Hall–Kier alpha value is -1.17. The van der Waals surface area contributed by atoms with Crippen LogP contribution in [0, 0.1) is 4.91 Å². The minimum Gasteiger partial charge on any atom is -0.379 e. The van der Waals surface area contributed by atoms with E-state index >= 15 is 0 Å². The lowest BCUT2D eigenvalue weighted by molar-refractivity contribution is -0.0960. The molecule has 1 fully saturated rings. The van der Waals surface area contributed by atoms with Gasteiger partial charge in [0, 0.05) is 18.1 Å². The lowest BCUT2D eigenvalue weighted by Crippen LogP contribution is -2.45. The van der Waals surface area contributed by atoms with Crippen molar-refractivity contribution in [2.75, 3.05) is 26.3 Å². The minimum absolute atomic E-state index is 0.392. The van der Waals surface area contributed by atoms with Gasteiger partial charge in [0.05, 0.1) is 25.0 Å². The summed E-state index contributed by atoms with van der Waals surface area (Å²) in [4.78, 5) is 10.9. The molecule has 0 radical (unpaired) electrons. The third-order valence-electron chi connectivity index (χ3n) is 2.68. The number of hydrogen-bond acceptors (Lipinski definition) is 4. The number of halogens is 1. The van der Waals surface area contributed by atoms with Crippen molar-refractivity contribution in [3.05, 3.63) is 39.8 Å². The van der Waals surface area contributed by atoms with Crippen molar-refractivity contribution in [2.45, 2.75) is 6.54 Å². The Kier molecular flexibility index (Phi) is 4.30. The molecule has 2 rings (SSSR count). The largest absolute Gasteiger partial charge is 0.379 e. The first-order valence-electron chi connectivity index (χ1n) is 5.48. The van der Waals surface area contributed by atoms with Crippen LogP contribution in [-0.2, 0) is 11.3 Å². The first kappa shape index (κ1) is 12.3. The molecule has 1 heterocycles. The number of rotatable bonds is 4. The van der Waals surface area contributed by atoms with E-state index in [1.165, 1.54) is 5.12 Å². The maximum atomic E-state index is 10.9. The fourth-order valence-corrected chi connectivity index (χ4v) is 1.94. The van der Waals surface area contributed by atoms with E-state index < -0.39 is 0 Å². The molecule has 0 saturated carbocycles. The number of benzene rings is 1. The average Bonchev–Trinajstić information content (AvgIpc) is 2.39. The Morgan fingerprint density at radius 1 is 1.35 bits per heavy atom. The molecule has 6 heteroatoms. The molecule has 92 valence electrons. The molecule has 1 aromatic rings. The van der Waals surface area contributed by atoms with Crippen LogP contribution in [0.25, 0.3) is 0 Å².